The van der Waals surface area contributed by atoms with E-state index in [1.165, 1.54) is 19.3 Å². The van der Waals surface area contributed by atoms with Crippen molar-refractivity contribution in [2.24, 2.45) is 11.7 Å². The summed E-state index contributed by atoms with van der Waals surface area (Å²) >= 11 is 0. The molecular formula is C18H29N5O2. The van der Waals surface area contributed by atoms with Gasteiger partial charge in [-0.05, 0) is 36.8 Å². The molecule has 25 heavy (non-hydrogen) atoms. The molecule has 0 saturated carbocycles. The first-order chi connectivity index (χ1) is 12.0. The number of carbonyl (C=O) groups excluding carboxylic acids is 2. The van der Waals surface area contributed by atoms with E-state index in [0.717, 1.165) is 24.5 Å². The van der Waals surface area contributed by atoms with Crippen LogP contribution >= 0.6 is 0 Å². The second-order valence-corrected chi connectivity index (χ2v) is 6.84. The summed E-state index contributed by atoms with van der Waals surface area (Å²) in [6, 6.07) is 3.38. The lowest BCUT2D eigenvalue weighted by molar-refractivity contribution is -0.127. The van der Waals surface area contributed by atoms with Crippen molar-refractivity contribution in [2.75, 3.05) is 24.5 Å². The second kappa shape index (κ2) is 9.36. The minimum absolute atomic E-state index is 0.0348. The predicted octanol–water partition coefficient (Wildman–Crippen LogP) is 0.788. The Balaban J connectivity index is 1.73. The van der Waals surface area contributed by atoms with Gasteiger partial charge >= 0.3 is 0 Å². The van der Waals surface area contributed by atoms with Crippen molar-refractivity contribution in [3.05, 3.63) is 23.9 Å². The molecule has 1 aliphatic rings. The molecule has 1 atom stereocenters. The average Bonchev–Trinajstić information content (AvgIpc) is 2.64. The molecule has 0 spiro atoms. The Kier molecular flexibility index (Phi) is 7.18. The average molecular weight is 347 g/mol. The molecular weight excluding hydrogens is 318 g/mol. The van der Waals surface area contributed by atoms with E-state index in [4.69, 9.17) is 5.73 Å². The number of rotatable bonds is 7. The van der Waals surface area contributed by atoms with Gasteiger partial charge in [0.05, 0.1) is 12.6 Å². The van der Waals surface area contributed by atoms with Crippen LogP contribution in [0.4, 0.5) is 5.82 Å². The van der Waals surface area contributed by atoms with E-state index in [1.54, 1.807) is 6.20 Å². The van der Waals surface area contributed by atoms with E-state index in [1.807, 2.05) is 26.0 Å². The van der Waals surface area contributed by atoms with Gasteiger partial charge in [-0.25, -0.2) is 4.98 Å². The van der Waals surface area contributed by atoms with E-state index in [-0.39, 0.29) is 24.3 Å². The fraction of sp³-hybridized carbons (Fsp3) is 0.611. The normalized spacial score (nSPS) is 15.8. The number of aromatic nitrogens is 1. The number of piperidine rings is 1. The van der Waals surface area contributed by atoms with Crippen LogP contribution in [0.3, 0.4) is 0 Å². The van der Waals surface area contributed by atoms with Gasteiger partial charge in [0.15, 0.2) is 0 Å². The summed E-state index contributed by atoms with van der Waals surface area (Å²) in [6.45, 7) is 6.16. The first-order valence-electron chi connectivity index (χ1n) is 8.97. The molecule has 7 heteroatoms. The van der Waals surface area contributed by atoms with Crippen molar-refractivity contribution >= 4 is 17.6 Å². The molecule has 1 aliphatic heterocycles. The van der Waals surface area contributed by atoms with Crippen molar-refractivity contribution in [2.45, 2.75) is 45.7 Å². The van der Waals surface area contributed by atoms with Crippen molar-refractivity contribution in [3.63, 3.8) is 0 Å². The topological polar surface area (TPSA) is 100 Å². The van der Waals surface area contributed by atoms with Crippen LogP contribution in [-0.2, 0) is 16.1 Å². The van der Waals surface area contributed by atoms with E-state index < -0.39 is 6.04 Å². The first-order valence-corrected chi connectivity index (χ1v) is 8.97. The molecule has 1 aromatic rings. The smallest absolute Gasteiger partial charge is 0.239 e. The van der Waals surface area contributed by atoms with Crippen LogP contribution in [0.15, 0.2) is 18.3 Å². The molecule has 1 aromatic heterocycles. The lowest BCUT2D eigenvalue weighted by atomic mass is 10.1. The quantitative estimate of drug-likeness (QED) is 0.677. The number of hydrogen-bond donors (Lipinski definition) is 3. The Morgan fingerprint density at radius 2 is 1.92 bits per heavy atom. The maximum atomic E-state index is 11.8. The van der Waals surface area contributed by atoms with Crippen LogP contribution in [0, 0.1) is 5.92 Å². The standard InChI is InChI=1S/C18H29N5O2/c1-13(2)17(19)18(25)22-12-16(24)21-11-14-6-7-15(20-10-14)23-8-4-3-5-9-23/h6-7,10,13,17H,3-5,8-9,11-12,19H2,1-2H3,(H,21,24)(H,22,25)/t17-/m0/s1. The van der Waals surface area contributed by atoms with Gasteiger partial charge in [-0.2, -0.15) is 0 Å². The van der Waals surface area contributed by atoms with Crippen molar-refractivity contribution in [1.29, 1.82) is 0 Å². The number of anilines is 1. The summed E-state index contributed by atoms with van der Waals surface area (Å²) in [4.78, 5) is 30.3. The lowest BCUT2D eigenvalue weighted by Crippen LogP contribution is -2.47. The highest BCUT2D eigenvalue weighted by Crippen LogP contribution is 2.17. The molecule has 1 fully saturated rings. The van der Waals surface area contributed by atoms with Gasteiger partial charge in [0.25, 0.3) is 0 Å². The van der Waals surface area contributed by atoms with Crippen LogP contribution in [0.1, 0.15) is 38.7 Å². The minimum atomic E-state index is -0.598. The SMILES string of the molecule is CC(C)[C@H](N)C(=O)NCC(=O)NCc1ccc(N2CCCCC2)nc1. The van der Waals surface area contributed by atoms with Gasteiger partial charge in [0, 0.05) is 25.8 Å². The largest absolute Gasteiger partial charge is 0.357 e. The summed E-state index contributed by atoms with van der Waals surface area (Å²) < 4.78 is 0. The molecule has 138 valence electrons. The number of pyridine rings is 1. The number of amides is 2. The molecule has 0 radical (unpaired) electrons. The Labute approximate surface area is 149 Å². The number of nitrogens with two attached hydrogens (primary N) is 1. The van der Waals surface area contributed by atoms with Gasteiger partial charge in [-0.1, -0.05) is 19.9 Å². The van der Waals surface area contributed by atoms with Gasteiger partial charge in [0.2, 0.25) is 11.8 Å². The van der Waals surface area contributed by atoms with E-state index in [2.05, 4.69) is 20.5 Å². The highest BCUT2D eigenvalue weighted by Gasteiger charge is 2.17. The molecule has 4 N–H and O–H groups in total. The molecule has 2 rings (SSSR count). The Hall–Kier alpha value is -2.15. The number of nitrogens with zero attached hydrogens (tertiary/aromatic N) is 2. The maximum absolute atomic E-state index is 11.8. The molecule has 2 amide bonds. The third-order valence-corrected chi connectivity index (χ3v) is 4.42. The summed E-state index contributed by atoms with van der Waals surface area (Å²) in [7, 11) is 0. The number of nitrogens with one attached hydrogen (secondary N) is 2. The van der Waals surface area contributed by atoms with Crippen LogP contribution in [0.5, 0.6) is 0 Å². The highest BCUT2D eigenvalue weighted by atomic mass is 16.2. The van der Waals surface area contributed by atoms with E-state index in [9.17, 15) is 9.59 Å². The monoisotopic (exact) mass is 347 g/mol. The molecule has 0 bridgehead atoms. The fourth-order valence-corrected chi connectivity index (χ4v) is 2.68. The van der Waals surface area contributed by atoms with Gasteiger partial charge in [-0.3, -0.25) is 9.59 Å². The Bertz CT molecular complexity index is 567. The summed E-state index contributed by atoms with van der Waals surface area (Å²) in [6.07, 6.45) is 5.51. The lowest BCUT2D eigenvalue weighted by Gasteiger charge is -2.27. The first kappa shape index (κ1) is 19.2. The molecule has 0 unspecified atom stereocenters. The van der Waals surface area contributed by atoms with Gasteiger partial charge in [-0.15, -0.1) is 0 Å². The zero-order valence-corrected chi connectivity index (χ0v) is 15.1. The summed E-state index contributed by atoms with van der Waals surface area (Å²) in [5.41, 5.74) is 6.66. The Morgan fingerprint density at radius 3 is 2.52 bits per heavy atom. The van der Waals surface area contributed by atoms with Crippen molar-refractivity contribution in [1.82, 2.24) is 15.6 Å². The van der Waals surface area contributed by atoms with Gasteiger partial charge < -0.3 is 21.3 Å². The third-order valence-electron chi connectivity index (χ3n) is 4.42. The zero-order valence-electron chi connectivity index (χ0n) is 15.1. The van der Waals surface area contributed by atoms with E-state index in [0.29, 0.717) is 6.54 Å². The third kappa shape index (κ3) is 6.01. The number of carbonyl (C=O) groups is 2. The Morgan fingerprint density at radius 1 is 1.20 bits per heavy atom. The maximum Gasteiger partial charge on any atom is 0.239 e. The molecule has 0 aliphatic carbocycles. The zero-order chi connectivity index (χ0) is 18.2. The minimum Gasteiger partial charge on any atom is -0.357 e. The fourth-order valence-electron chi connectivity index (χ4n) is 2.68. The van der Waals surface area contributed by atoms with Crippen molar-refractivity contribution < 1.29 is 9.59 Å². The molecule has 0 aromatic carbocycles. The van der Waals surface area contributed by atoms with Crippen LogP contribution in [0.2, 0.25) is 0 Å². The predicted molar refractivity (Wildman–Crippen MR) is 98.0 cm³/mol. The highest BCUT2D eigenvalue weighted by molar-refractivity contribution is 5.87. The number of hydrogen-bond acceptors (Lipinski definition) is 5. The summed E-state index contributed by atoms with van der Waals surface area (Å²) in [5.74, 6) is 0.472. The van der Waals surface area contributed by atoms with Crippen LogP contribution < -0.4 is 21.3 Å². The second-order valence-electron chi connectivity index (χ2n) is 6.84. The van der Waals surface area contributed by atoms with E-state index >= 15 is 0 Å². The molecule has 1 saturated heterocycles. The molecule has 7 nitrogen and oxygen atoms in total. The van der Waals surface area contributed by atoms with Crippen LogP contribution in [-0.4, -0.2) is 42.5 Å². The van der Waals surface area contributed by atoms with Crippen LogP contribution in [0.25, 0.3) is 0 Å². The van der Waals surface area contributed by atoms with Crippen molar-refractivity contribution in [3.8, 4) is 0 Å². The molecule has 2 heterocycles. The van der Waals surface area contributed by atoms with Gasteiger partial charge in [0.1, 0.15) is 5.82 Å². The summed E-state index contributed by atoms with van der Waals surface area (Å²) in [5, 5.41) is 5.33.